The lowest BCUT2D eigenvalue weighted by molar-refractivity contribution is -0.137. The van der Waals surface area contributed by atoms with E-state index in [-0.39, 0.29) is 5.91 Å². The van der Waals surface area contributed by atoms with Gasteiger partial charge in [0.15, 0.2) is 0 Å². The van der Waals surface area contributed by atoms with Gasteiger partial charge in [-0.3, -0.25) is 9.69 Å². The predicted octanol–water partition coefficient (Wildman–Crippen LogP) is 5.88. The largest absolute Gasteiger partial charge is 0.492 e. The number of carbonyl (C=O) groups is 1. The van der Waals surface area contributed by atoms with Crippen molar-refractivity contribution in [1.82, 2.24) is 9.80 Å². The Hall–Kier alpha value is -3.52. The fourth-order valence-corrected chi connectivity index (χ4v) is 4.61. The van der Waals surface area contributed by atoms with Crippen molar-refractivity contribution in [2.75, 3.05) is 50.8 Å². The van der Waals surface area contributed by atoms with Crippen LogP contribution >= 0.6 is 0 Å². The summed E-state index contributed by atoms with van der Waals surface area (Å²) in [5.74, 6) is 0.700. The SMILES string of the molecule is CCN(CCOc1ccc(C(=O)N2CCN(Cc3ccc(C(F)(F)F)cc3)CC2)cc1)c1cccc(C)c1. The summed E-state index contributed by atoms with van der Waals surface area (Å²) in [6.45, 7) is 9.44. The first-order valence-electron chi connectivity index (χ1n) is 12.9. The van der Waals surface area contributed by atoms with Crippen LogP contribution < -0.4 is 9.64 Å². The highest BCUT2D eigenvalue weighted by atomic mass is 19.4. The molecule has 3 aromatic rings. The van der Waals surface area contributed by atoms with Crippen molar-refractivity contribution >= 4 is 11.6 Å². The van der Waals surface area contributed by atoms with E-state index in [1.54, 1.807) is 12.1 Å². The Kier molecular flexibility index (Phi) is 8.94. The number of nitrogens with zero attached hydrogens (tertiary/aromatic N) is 3. The van der Waals surface area contributed by atoms with E-state index in [1.807, 2.05) is 17.0 Å². The Morgan fingerprint density at radius 2 is 1.63 bits per heavy atom. The Bertz CT molecular complexity index is 1190. The van der Waals surface area contributed by atoms with Gasteiger partial charge in [-0.1, -0.05) is 24.3 Å². The second-order valence-electron chi connectivity index (χ2n) is 9.55. The zero-order chi connectivity index (χ0) is 27.1. The molecule has 1 aliphatic rings. The van der Waals surface area contributed by atoms with Crippen LogP contribution in [0.15, 0.2) is 72.8 Å². The van der Waals surface area contributed by atoms with Crippen LogP contribution in [0.5, 0.6) is 5.75 Å². The van der Waals surface area contributed by atoms with Crippen LogP contribution in [-0.2, 0) is 12.7 Å². The number of anilines is 1. The molecule has 3 aromatic carbocycles. The molecule has 8 heteroatoms. The fraction of sp³-hybridized carbons (Fsp3) is 0.367. The van der Waals surface area contributed by atoms with Crippen molar-refractivity contribution in [3.63, 3.8) is 0 Å². The number of alkyl halides is 3. The van der Waals surface area contributed by atoms with Gasteiger partial charge in [-0.15, -0.1) is 0 Å². The smallest absolute Gasteiger partial charge is 0.416 e. The van der Waals surface area contributed by atoms with Gasteiger partial charge in [0.2, 0.25) is 0 Å². The van der Waals surface area contributed by atoms with Gasteiger partial charge in [-0.25, -0.2) is 0 Å². The summed E-state index contributed by atoms with van der Waals surface area (Å²) < 4.78 is 44.2. The number of carbonyl (C=O) groups excluding carboxylic acids is 1. The molecule has 4 rings (SSSR count). The maximum atomic E-state index is 13.0. The summed E-state index contributed by atoms with van der Waals surface area (Å²) in [6, 6.07) is 20.9. The lowest BCUT2D eigenvalue weighted by Crippen LogP contribution is -2.48. The zero-order valence-corrected chi connectivity index (χ0v) is 21.9. The molecule has 1 fully saturated rings. The van der Waals surface area contributed by atoms with Crippen molar-refractivity contribution in [3.05, 3.63) is 95.1 Å². The molecule has 0 saturated carbocycles. The highest BCUT2D eigenvalue weighted by Crippen LogP contribution is 2.29. The van der Waals surface area contributed by atoms with Crippen LogP contribution in [0.3, 0.4) is 0 Å². The Morgan fingerprint density at radius 1 is 0.947 bits per heavy atom. The number of likely N-dealkylation sites (N-methyl/N-ethyl adjacent to an activating group) is 1. The summed E-state index contributed by atoms with van der Waals surface area (Å²) in [7, 11) is 0. The van der Waals surface area contributed by atoms with Gasteiger partial charge in [-0.05, 0) is 73.5 Å². The molecule has 1 saturated heterocycles. The lowest BCUT2D eigenvalue weighted by Gasteiger charge is -2.34. The molecular weight excluding hydrogens is 491 g/mol. The quantitative estimate of drug-likeness (QED) is 0.350. The monoisotopic (exact) mass is 525 g/mol. The Labute approximate surface area is 222 Å². The first-order valence-corrected chi connectivity index (χ1v) is 12.9. The lowest BCUT2D eigenvalue weighted by atomic mass is 10.1. The Morgan fingerprint density at radius 3 is 2.24 bits per heavy atom. The molecule has 0 aromatic heterocycles. The molecule has 5 nitrogen and oxygen atoms in total. The number of benzene rings is 3. The molecule has 1 aliphatic heterocycles. The second kappa shape index (κ2) is 12.3. The van der Waals surface area contributed by atoms with Gasteiger partial charge in [-0.2, -0.15) is 13.2 Å². The van der Waals surface area contributed by atoms with Crippen LogP contribution in [0, 0.1) is 6.92 Å². The third-order valence-corrected chi connectivity index (χ3v) is 6.83. The molecule has 0 bridgehead atoms. The summed E-state index contributed by atoms with van der Waals surface area (Å²) in [5, 5.41) is 0. The van der Waals surface area contributed by atoms with Gasteiger partial charge in [0.1, 0.15) is 12.4 Å². The Balaban J connectivity index is 1.22. The van der Waals surface area contributed by atoms with Crippen LogP contribution in [-0.4, -0.2) is 61.6 Å². The number of halogens is 3. The molecule has 0 radical (unpaired) electrons. The average Bonchev–Trinajstić information content (AvgIpc) is 2.91. The molecule has 0 N–H and O–H groups in total. The van der Waals surface area contributed by atoms with Crippen LogP contribution in [0.25, 0.3) is 0 Å². The normalized spacial score (nSPS) is 14.4. The van der Waals surface area contributed by atoms with Crippen molar-refractivity contribution in [3.8, 4) is 5.75 Å². The predicted molar refractivity (Wildman–Crippen MR) is 144 cm³/mol. The molecule has 202 valence electrons. The average molecular weight is 526 g/mol. The molecule has 0 unspecified atom stereocenters. The fourth-order valence-electron chi connectivity index (χ4n) is 4.61. The van der Waals surface area contributed by atoms with Crippen molar-refractivity contribution in [2.24, 2.45) is 0 Å². The third-order valence-electron chi connectivity index (χ3n) is 6.83. The van der Waals surface area contributed by atoms with Gasteiger partial charge in [0, 0.05) is 50.5 Å². The highest BCUT2D eigenvalue weighted by molar-refractivity contribution is 5.94. The standard InChI is InChI=1S/C30H34F3N3O2/c1-3-35(27-6-4-5-23(2)21-27)19-20-38-28-13-9-25(10-14-28)29(37)36-17-15-34(16-18-36)22-24-7-11-26(12-8-24)30(31,32)33/h4-14,21H,3,15-20,22H2,1-2H3. The van der Waals surface area contributed by atoms with E-state index in [0.29, 0.717) is 44.9 Å². The van der Waals surface area contributed by atoms with Crippen LogP contribution in [0.2, 0.25) is 0 Å². The molecule has 38 heavy (non-hydrogen) atoms. The number of hydrogen-bond donors (Lipinski definition) is 0. The van der Waals surface area contributed by atoms with E-state index in [4.69, 9.17) is 4.74 Å². The minimum atomic E-state index is -4.33. The molecule has 1 heterocycles. The minimum absolute atomic E-state index is 0.0256. The first kappa shape index (κ1) is 27.5. The van der Waals surface area contributed by atoms with Gasteiger partial charge < -0.3 is 14.5 Å². The van der Waals surface area contributed by atoms with Crippen molar-refractivity contribution in [2.45, 2.75) is 26.6 Å². The van der Waals surface area contributed by atoms with E-state index in [9.17, 15) is 18.0 Å². The molecule has 1 amide bonds. The maximum Gasteiger partial charge on any atom is 0.416 e. The van der Waals surface area contributed by atoms with E-state index in [0.717, 1.165) is 36.5 Å². The molecule has 0 aliphatic carbocycles. The summed E-state index contributed by atoms with van der Waals surface area (Å²) in [4.78, 5) is 19.2. The van der Waals surface area contributed by atoms with E-state index in [2.05, 4.69) is 47.9 Å². The highest BCUT2D eigenvalue weighted by Gasteiger charge is 2.30. The van der Waals surface area contributed by atoms with Gasteiger partial charge >= 0.3 is 6.18 Å². The van der Waals surface area contributed by atoms with E-state index >= 15 is 0 Å². The summed E-state index contributed by atoms with van der Waals surface area (Å²) >= 11 is 0. The van der Waals surface area contributed by atoms with Gasteiger partial charge in [0.05, 0.1) is 12.1 Å². The minimum Gasteiger partial charge on any atom is -0.492 e. The van der Waals surface area contributed by atoms with Crippen molar-refractivity contribution in [1.29, 1.82) is 0 Å². The number of ether oxygens (including phenoxy) is 1. The first-order chi connectivity index (χ1) is 18.2. The number of piperazine rings is 1. The van der Waals surface area contributed by atoms with Crippen molar-refractivity contribution < 1.29 is 22.7 Å². The third kappa shape index (κ3) is 7.28. The number of hydrogen-bond acceptors (Lipinski definition) is 4. The molecule has 0 atom stereocenters. The second-order valence-corrected chi connectivity index (χ2v) is 9.55. The summed E-state index contributed by atoms with van der Waals surface area (Å²) in [5.41, 5.74) is 3.20. The number of rotatable bonds is 9. The number of aryl methyl sites for hydroxylation is 1. The van der Waals surface area contributed by atoms with E-state index < -0.39 is 11.7 Å². The molecular formula is C30H34F3N3O2. The maximum absolute atomic E-state index is 13.0. The topological polar surface area (TPSA) is 36.0 Å². The van der Waals surface area contributed by atoms with Crippen LogP contribution in [0.4, 0.5) is 18.9 Å². The van der Waals surface area contributed by atoms with Gasteiger partial charge in [0.25, 0.3) is 5.91 Å². The number of amides is 1. The van der Waals surface area contributed by atoms with E-state index in [1.165, 1.54) is 23.4 Å². The molecule has 0 spiro atoms. The summed E-state index contributed by atoms with van der Waals surface area (Å²) in [6.07, 6.45) is -4.33. The van der Waals surface area contributed by atoms with Crippen LogP contribution in [0.1, 0.15) is 34.0 Å². The zero-order valence-electron chi connectivity index (χ0n) is 21.9.